The van der Waals surface area contributed by atoms with Gasteiger partial charge in [-0.05, 0) is 25.3 Å². The molecule has 0 radical (unpaired) electrons. The molecule has 1 N–H and O–H groups in total. The molecule has 2 aromatic rings. The van der Waals surface area contributed by atoms with Crippen molar-refractivity contribution in [1.29, 1.82) is 0 Å². The number of nitrogens with zero attached hydrogens (tertiary/aromatic N) is 1. The van der Waals surface area contributed by atoms with Gasteiger partial charge in [-0.3, -0.25) is 0 Å². The molecule has 2 nitrogen and oxygen atoms in total. The van der Waals surface area contributed by atoms with Crippen LogP contribution < -0.4 is 5.32 Å². The molecule has 2 rings (SSSR count). The quantitative estimate of drug-likeness (QED) is 0.834. The predicted molar refractivity (Wildman–Crippen MR) is 82.8 cm³/mol. The first-order valence-corrected chi connectivity index (χ1v) is 7.84. The van der Waals surface area contributed by atoms with Gasteiger partial charge in [0.2, 0.25) is 0 Å². The van der Waals surface area contributed by atoms with Crippen LogP contribution in [0.15, 0.2) is 35.7 Å². The second kappa shape index (κ2) is 7.41. The molecule has 0 aliphatic carbocycles. The van der Waals surface area contributed by atoms with E-state index >= 15 is 0 Å². The average molecular weight is 274 g/mol. The fourth-order valence-electron chi connectivity index (χ4n) is 2.16. The van der Waals surface area contributed by atoms with Gasteiger partial charge in [0.25, 0.3) is 0 Å². The molecule has 19 heavy (non-hydrogen) atoms. The third-order valence-corrected chi connectivity index (χ3v) is 4.28. The zero-order valence-corrected chi connectivity index (χ0v) is 12.5. The van der Waals surface area contributed by atoms with Crippen molar-refractivity contribution in [3.63, 3.8) is 0 Å². The minimum absolute atomic E-state index is 0.559. The summed E-state index contributed by atoms with van der Waals surface area (Å²) >= 11 is 1.76. The minimum atomic E-state index is 0.559. The first-order chi connectivity index (χ1) is 9.28. The predicted octanol–water partition coefficient (Wildman–Crippen LogP) is 3.60. The molecule has 1 unspecified atom stereocenters. The van der Waals surface area contributed by atoms with E-state index in [1.807, 2.05) is 0 Å². The Morgan fingerprint density at radius 1 is 1.26 bits per heavy atom. The Balaban J connectivity index is 1.76. The maximum absolute atomic E-state index is 4.50. The Morgan fingerprint density at radius 2 is 2.05 bits per heavy atom. The normalized spacial score (nSPS) is 12.5. The molecule has 1 aromatic carbocycles. The number of rotatable bonds is 7. The molecular weight excluding hydrogens is 252 g/mol. The monoisotopic (exact) mass is 274 g/mol. The number of aromatic nitrogens is 1. The molecule has 1 aromatic heterocycles. The minimum Gasteiger partial charge on any atom is -0.313 e. The third kappa shape index (κ3) is 4.77. The van der Waals surface area contributed by atoms with Gasteiger partial charge in [0, 0.05) is 30.1 Å². The summed E-state index contributed by atoms with van der Waals surface area (Å²) in [5.74, 6) is 0. The molecule has 0 saturated heterocycles. The Labute approximate surface area is 119 Å². The smallest absolute Gasteiger partial charge is 0.0940 e. The third-order valence-electron chi connectivity index (χ3n) is 3.26. The standard InChI is InChI=1S/C16H22N2S/c1-3-15(11-14-7-5-4-6-8-14)17-10-9-16-18-13(2)12-19-16/h4-8,12,15,17H,3,9-11H2,1-2H3. The van der Waals surface area contributed by atoms with E-state index in [1.54, 1.807) is 11.3 Å². The summed E-state index contributed by atoms with van der Waals surface area (Å²) in [5, 5.41) is 7.00. The number of thiazole rings is 1. The number of hydrogen-bond acceptors (Lipinski definition) is 3. The lowest BCUT2D eigenvalue weighted by atomic mass is 10.0. The fraction of sp³-hybridized carbons (Fsp3) is 0.438. The van der Waals surface area contributed by atoms with Gasteiger partial charge < -0.3 is 5.32 Å². The summed E-state index contributed by atoms with van der Waals surface area (Å²) in [7, 11) is 0. The van der Waals surface area contributed by atoms with E-state index in [9.17, 15) is 0 Å². The van der Waals surface area contributed by atoms with E-state index in [4.69, 9.17) is 0 Å². The van der Waals surface area contributed by atoms with Gasteiger partial charge in [0.05, 0.1) is 5.01 Å². The molecule has 1 atom stereocenters. The highest BCUT2D eigenvalue weighted by Crippen LogP contribution is 2.09. The van der Waals surface area contributed by atoms with E-state index in [0.717, 1.165) is 31.5 Å². The molecular formula is C16H22N2S. The molecule has 0 bridgehead atoms. The van der Waals surface area contributed by atoms with Gasteiger partial charge >= 0.3 is 0 Å². The molecule has 3 heteroatoms. The molecule has 0 aliphatic rings. The molecule has 102 valence electrons. The van der Waals surface area contributed by atoms with Crippen LogP contribution in [0.5, 0.6) is 0 Å². The summed E-state index contributed by atoms with van der Waals surface area (Å²) in [6.07, 6.45) is 3.30. The molecule has 0 aliphatic heterocycles. The molecule has 0 fully saturated rings. The van der Waals surface area contributed by atoms with Crippen LogP contribution in [0, 0.1) is 6.92 Å². The zero-order chi connectivity index (χ0) is 13.5. The second-order valence-electron chi connectivity index (χ2n) is 4.88. The van der Waals surface area contributed by atoms with Crippen molar-refractivity contribution >= 4 is 11.3 Å². The fourth-order valence-corrected chi connectivity index (χ4v) is 2.94. The number of hydrogen-bond donors (Lipinski definition) is 1. The first-order valence-electron chi connectivity index (χ1n) is 6.96. The molecule has 1 heterocycles. The van der Waals surface area contributed by atoms with Crippen LogP contribution in [-0.2, 0) is 12.8 Å². The van der Waals surface area contributed by atoms with Crippen LogP contribution in [0.1, 0.15) is 29.6 Å². The van der Waals surface area contributed by atoms with Crippen molar-refractivity contribution in [1.82, 2.24) is 10.3 Å². The summed E-state index contributed by atoms with van der Waals surface area (Å²) in [6.45, 7) is 5.31. The maximum atomic E-state index is 4.50. The van der Waals surface area contributed by atoms with Crippen molar-refractivity contribution < 1.29 is 0 Å². The highest BCUT2D eigenvalue weighted by atomic mass is 32.1. The largest absolute Gasteiger partial charge is 0.313 e. The highest BCUT2D eigenvalue weighted by Gasteiger charge is 2.07. The van der Waals surface area contributed by atoms with Crippen molar-refractivity contribution in [2.24, 2.45) is 0 Å². The van der Waals surface area contributed by atoms with E-state index in [-0.39, 0.29) is 0 Å². The van der Waals surface area contributed by atoms with Crippen LogP contribution >= 0.6 is 11.3 Å². The summed E-state index contributed by atoms with van der Waals surface area (Å²) in [4.78, 5) is 4.50. The van der Waals surface area contributed by atoms with E-state index in [0.29, 0.717) is 6.04 Å². The number of benzene rings is 1. The van der Waals surface area contributed by atoms with Gasteiger partial charge in [-0.2, -0.15) is 0 Å². The second-order valence-corrected chi connectivity index (χ2v) is 5.82. The van der Waals surface area contributed by atoms with Crippen molar-refractivity contribution in [3.05, 3.63) is 52.0 Å². The number of nitrogens with one attached hydrogen (secondary N) is 1. The topological polar surface area (TPSA) is 24.9 Å². The van der Waals surface area contributed by atoms with Crippen molar-refractivity contribution in [3.8, 4) is 0 Å². The SMILES string of the molecule is CCC(Cc1ccccc1)NCCc1nc(C)cs1. The Hall–Kier alpha value is -1.19. The zero-order valence-electron chi connectivity index (χ0n) is 11.7. The molecule has 0 spiro atoms. The summed E-state index contributed by atoms with van der Waals surface area (Å²) < 4.78 is 0. The Morgan fingerprint density at radius 3 is 2.68 bits per heavy atom. The first kappa shape index (κ1) is 14.2. The highest BCUT2D eigenvalue weighted by molar-refractivity contribution is 7.09. The van der Waals surface area contributed by atoms with Crippen molar-refractivity contribution in [2.75, 3.05) is 6.54 Å². The number of aryl methyl sites for hydroxylation is 1. The lowest BCUT2D eigenvalue weighted by Gasteiger charge is -2.16. The van der Waals surface area contributed by atoms with E-state index < -0.39 is 0 Å². The van der Waals surface area contributed by atoms with Gasteiger partial charge in [0.1, 0.15) is 0 Å². The van der Waals surface area contributed by atoms with Gasteiger partial charge in [-0.15, -0.1) is 11.3 Å². The Bertz CT molecular complexity index is 479. The van der Waals surface area contributed by atoms with Crippen LogP contribution in [0.3, 0.4) is 0 Å². The van der Waals surface area contributed by atoms with Crippen LogP contribution in [0.4, 0.5) is 0 Å². The average Bonchev–Trinajstić information content (AvgIpc) is 2.84. The maximum Gasteiger partial charge on any atom is 0.0940 e. The molecule has 0 saturated carbocycles. The van der Waals surface area contributed by atoms with Crippen LogP contribution in [-0.4, -0.2) is 17.6 Å². The molecule has 0 amide bonds. The van der Waals surface area contributed by atoms with Crippen LogP contribution in [0.2, 0.25) is 0 Å². The lowest BCUT2D eigenvalue weighted by Crippen LogP contribution is -2.32. The summed E-state index contributed by atoms with van der Waals surface area (Å²) in [6, 6.07) is 11.3. The van der Waals surface area contributed by atoms with Gasteiger partial charge in [-0.25, -0.2) is 4.98 Å². The summed E-state index contributed by atoms with van der Waals surface area (Å²) in [5.41, 5.74) is 2.54. The van der Waals surface area contributed by atoms with E-state index in [1.165, 1.54) is 10.6 Å². The lowest BCUT2D eigenvalue weighted by molar-refractivity contribution is 0.498. The van der Waals surface area contributed by atoms with Crippen LogP contribution in [0.25, 0.3) is 0 Å². The van der Waals surface area contributed by atoms with E-state index in [2.05, 4.69) is 59.9 Å². The van der Waals surface area contributed by atoms with Gasteiger partial charge in [-0.1, -0.05) is 37.3 Å². The van der Waals surface area contributed by atoms with Crippen molar-refractivity contribution in [2.45, 2.75) is 39.2 Å². The Kier molecular flexibility index (Phi) is 5.55. The van der Waals surface area contributed by atoms with Gasteiger partial charge in [0.15, 0.2) is 0 Å².